The topological polar surface area (TPSA) is 21.7 Å². The molecule has 0 bridgehead atoms. The summed E-state index contributed by atoms with van der Waals surface area (Å²) < 4.78 is 13.5. The second kappa shape index (κ2) is 7.92. The van der Waals surface area contributed by atoms with Gasteiger partial charge in [-0.1, -0.05) is 59.7 Å². The number of para-hydroxylation sites is 1. The van der Waals surface area contributed by atoms with Crippen LogP contribution in [-0.2, 0) is 0 Å². The van der Waals surface area contributed by atoms with E-state index in [0.29, 0.717) is 17.8 Å². The lowest BCUT2D eigenvalue weighted by Gasteiger charge is -2.43. The third-order valence-corrected chi connectivity index (χ3v) is 8.21. The van der Waals surface area contributed by atoms with Crippen LogP contribution in [0.15, 0.2) is 66.7 Å². The Balaban J connectivity index is 1.61. The molecule has 0 aliphatic carbocycles. The van der Waals surface area contributed by atoms with Gasteiger partial charge < -0.3 is 14.4 Å². The molecule has 0 saturated carbocycles. The fraction of sp³-hybridized carbons (Fsp3) is 0.273. The average molecular weight is 485 g/mol. The summed E-state index contributed by atoms with van der Waals surface area (Å²) in [4.78, 5) is 2.43. The van der Waals surface area contributed by atoms with Crippen LogP contribution in [0.2, 0.25) is 0 Å². The Labute approximate surface area is 220 Å². The van der Waals surface area contributed by atoms with Gasteiger partial charge in [-0.15, -0.1) is 0 Å². The van der Waals surface area contributed by atoms with Gasteiger partial charge in [0.2, 0.25) is 0 Å². The van der Waals surface area contributed by atoms with Crippen LogP contribution in [0.3, 0.4) is 0 Å². The van der Waals surface area contributed by atoms with Crippen molar-refractivity contribution in [3.8, 4) is 23.0 Å². The summed E-state index contributed by atoms with van der Waals surface area (Å²) in [5, 5.41) is 0. The van der Waals surface area contributed by atoms with Crippen LogP contribution >= 0.6 is 0 Å². The molecule has 0 N–H and O–H groups in total. The molecule has 4 aromatic rings. The van der Waals surface area contributed by atoms with E-state index < -0.39 is 0 Å². The number of ether oxygens (including phenoxy) is 2. The lowest BCUT2D eigenvalue weighted by molar-refractivity contribution is 0.461. The molecule has 3 heterocycles. The quantitative estimate of drug-likeness (QED) is 0.240. The molecule has 0 unspecified atom stereocenters. The smallest absolute Gasteiger partial charge is 0.266 e. The van der Waals surface area contributed by atoms with Crippen LogP contribution in [0, 0.1) is 0 Å². The SMILES string of the molecule is CC(C)c1cc2c3c(c1)Oc1cc(C(C)C)cc4c1B3c1c(cc(C(C)C)cc1N4c1ccccc1)O2. The zero-order valence-corrected chi connectivity index (χ0v) is 22.4. The Morgan fingerprint density at radius 2 is 0.946 bits per heavy atom. The number of anilines is 3. The van der Waals surface area contributed by atoms with Crippen molar-refractivity contribution < 1.29 is 9.47 Å². The first-order valence-electron chi connectivity index (χ1n) is 13.6. The molecule has 184 valence electrons. The number of hydrogen-bond donors (Lipinski definition) is 0. The van der Waals surface area contributed by atoms with Crippen molar-refractivity contribution in [3.05, 3.63) is 83.4 Å². The monoisotopic (exact) mass is 485 g/mol. The van der Waals surface area contributed by atoms with Gasteiger partial charge in [-0.25, -0.2) is 0 Å². The Kier molecular flexibility index (Phi) is 4.82. The van der Waals surface area contributed by atoms with Crippen LogP contribution in [0.5, 0.6) is 23.0 Å². The van der Waals surface area contributed by atoms with Gasteiger partial charge in [0.15, 0.2) is 0 Å². The Morgan fingerprint density at radius 1 is 0.541 bits per heavy atom. The van der Waals surface area contributed by atoms with Gasteiger partial charge >= 0.3 is 0 Å². The predicted octanol–water partition coefficient (Wildman–Crippen LogP) is 7.57. The molecule has 3 nitrogen and oxygen atoms in total. The van der Waals surface area contributed by atoms with Crippen molar-refractivity contribution in [2.24, 2.45) is 0 Å². The molecule has 0 radical (unpaired) electrons. The first-order valence-corrected chi connectivity index (χ1v) is 13.6. The maximum Gasteiger partial charge on any atom is 0.266 e. The van der Waals surface area contributed by atoms with Crippen LogP contribution < -0.4 is 30.8 Å². The molecule has 4 aromatic carbocycles. The standard InChI is InChI=1S/C33H32BNO2/c1-18(2)21-12-25-31-27(14-21)36-29-16-23(20(5)6)17-30-33(29)34(31)32-26(35(25)24-10-8-7-9-11-24)13-22(19(3)4)15-28(32)37-30/h7-20H,1-6H3. The van der Waals surface area contributed by atoms with Crippen molar-refractivity contribution in [1.29, 1.82) is 0 Å². The molecule has 0 saturated heterocycles. The zero-order valence-electron chi connectivity index (χ0n) is 22.4. The molecule has 3 aliphatic rings. The van der Waals surface area contributed by atoms with Crippen molar-refractivity contribution in [3.63, 3.8) is 0 Å². The van der Waals surface area contributed by atoms with E-state index in [1.807, 2.05) is 0 Å². The summed E-state index contributed by atoms with van der Waals surface area (Å²) in [6.45, 7) is 13.6. The highest BCUT2D eigenvalue weighted by atomic mass is 16.5. The van der Waals surface area contributed by atoms with Crippen molar-refractivity contribution >= 4 is 40.2 Å². The number of benzene rings is 4. The summed E-state index contributed by atoms with van der Waals surface area (Å²) in [6.07, 6.45) is 0. The van der Waals surface area contributed by atoms with Crippen LogP contribution in [0.1, 0.15) is 76.0 Å². The molecule has 4 heteroatoms. The predicted molar refractivity (Wildman–Crippen MR) is 155 cm³/mol. The summed E-state index contributed by atoms with van der Waals surface area (Å²) >= 11 is 0. The number of hydrogen-bond acceptors (Lipinski definition) is 3. The van der Waals surface area contributed by atoms with E-state index in [0.717, 1.165) is 34.1 Å². The van der Waals surface area contributed by atoms with Crippen LogP contribution in [0.4, 0.5) is 17.1 Å². The lowest BCUT2D eigenvalue weighted by atomic mass is 9.33. The van der Waals surface area contributed by atoms with E-state index in [1.54, 1.807) is 0 Å². The van der Waals surface area contributed by atoms with Gasteiger partial charge in [-0.05, 0) is 93.9 Å². The van der Waals surface area contributed by atoms with E-state index >= 15 is 0 Å². The first kappa shape index (κ1) is 22.5. The van der Waals surface area contributed by atoms with Gasteiger partial charge in [-0.3, -0.25) is 0 Å². The Morgan fingerprint density at radius 3 is 1.38 bits per heavy atom. The van der Waals surface area contributed by atoms with E-state index in [2.05, 4.69) is 113 Å². The highest BCUT2D eigenvalue weighted by Gasteiger charge is 2.48. The van der Waals surface area contributed by atoms with Gasteiger partial charge in [0.25, 0.3) is 6.71 Å². The number of nitrogens with zero attached hydrogens (tertiary/aromatic N) is 1. The molecule has 0 atom stereocenters. The van der Waals surface area contributed by atoms with E-state index in [-0.39, 0.29) is 6.71 Å². The zero-order chi connectivity index (χ0) is 25.6. The highest BCUT2D eigenvalue weighted by Crippen LogP contribution is 2.47. The lowest BCUT2D eigenvalue weighted by Crippen LogP contribution is -2.61. The van der Waals surface area contributed by atoms with Crippen LogP contribution in [0.25, 0.3) is 0 Å². The largest absolute Gasteiger partial charge is 0.458 e. The maximum atomic E-state index is 6.77. The van der Waals surface area contributed by atoms with E-state index in [4.69, 9.17) is 9.47 Å². The molecule has 0 spiro atoms. The fourth-order valence-corrected chi connectivity index (χ4v) is 6.11. The minimum Gasteiger partial charge on any atom is -0.458 e. The minimum absolute atomic E-state index is 0.0890. The summed E-state index contributed by atoms with van der Waals surface area (Å²) in [6, 6.07) is 24.5. The molecular formula is C33H32BNO2. The molecule has 0 aromatic heterocycles. The fourth-order valence-electron chi connectivity index (χ4n) is 6.11. The minimum atomic E-state index is 0.0890. The third kappa shape index (κ3) is 3.21. The molecule has 7 rings (SSSR count). The third-order valence-electron chi connectivity index (χ3n) is 8.21. The van der Waals surface area contributed by atoms with Gasteiger partial charge in [-0.2, -0.15) is 0 Å². The van der Waals surface area contributed by atoms with Gasteiger partial charge in [0.1, 0.15) is 23.0 Å². The Hall–Kier alpha value is -3.66. The first-order chi connectivity index (χ1) is 17.8. The molecule has 37 heavy (non-hydrogen) atoms. The second-order valence-electron chi connectivity index (χ2n) is 11.6. The summed E-state index contributed by atoms with van der Waals surface area (Å²) in [7, 11) is 0. The van der Waals surface area contributed by atoms with E-state index in [9.17, 15) is 0 Å². The van der Waals surface area contributed by atoms with Crippen molar-refractivity contribution in [1.82, 2.24) is 0 Å². The van der Waals surface area contributed by atoms with Crippen molar-refractivity contribution in [2.75, 3.05) is 4.90 Å². The van der Waals surface area contributed by atoms with Gasteiger partial charge in [0.05, 0.1) is 0 Å². The van der Waals surface area contributed by atoms with Crippen LogP contribution in [-0.4, -0.2) is 6.71 Å². The Bertz CT molecular complexity index is 1480. The maximum absolute atomic E-state index is 6.77. The second-order valence-corrected chi connectivity index (χ2v) is 11.6. The summed E-state index contributed by atoms with van der Waals surface area (Å²) in [5.74, 6) is 4.96. The molecular weight excluding hydrogens is 453 g/mol. The number of rotatable bonds is 4. The summed E-state index contributed by atoms with van der Waals surface area (Å²) in [5.41, 5.74) is 11.0. The van der Waals surface area contributed by atoms with Crippen molar-refractivity contribution in [2.45, 2.75) is 59.3 Å². The van der Waals surface area contributed by atoms with Gasteiger partial charge in [0, 0.05) is 22.5 Å². The molecule has 0 amide bonds. The van der Waals surface area contributed by atoms with E-state index in [1.165, 1.54) is 39.0 Å². The molecule has 0 fully saturated rings. The average Bonchev–Trinajstić information content (AvgIpc) is 2.88. The highest BCUT2D eigenvalue weighted by molar-refractivity contribution is 7.00. The molecule has 3 aliphatic heterocycles. The normalized spacial score (nSPS) is 14.2.